The maximum absolute atomic E-state index is 12.0. The van der Waals surface area contributed by atoms with Gasteiger partial charge in [0.1, 0.15) is 5.00 Å². The monoisotopic (exact) mass is 319 g/mol. The Morgan fingerprint density at radius 3 is 2.91 bits per heavy atom. The van der Waals surface area contributed by atoms with Crippen LogP contribution >= 0.6 is 11.3 Å². The van der Waals surface area contributed by atoms with Gasteiger partial charge in [0.2, 0.25) is 6.79 Å². The Morgan fingerprint density at radius 1 is 1.36 bits per heavy atom. The van der Waals surface area contributed by atoms with E-state index < -0.39 is 0 Å². The third-order valence-corrected chi connectivity index (χ3v) is 4.67. The first-order valence-corrected chi connectivity index (χ1v) is 7.85. The number of thiophene rings is 1. The SMILES string of the molecule is CCOC(=O)c1c(N)sc(Cc2ccc3c(c2)OCO3)c1C. The minimum absolute atomic E-state index is 0.261. The molecule has 2 heterocycles. The van der Waals surface area contributed by atoms with Crippen LogP contribution in [0.5, 0.6) is 11.5 Å². The highest BCUT2D eigenvalue weighted by Gasteiger charge is 2.21. The number of carbonyl (C=O) groups is 1. The van der Waals surface area contributed by atoms with E-state index in [9.17, 15) is 4.79 Å². The summed E-state index contributed by atoms with van der Waals surface area (Å²) >= 11 is 1.43. The molecule has 1 aliphatic heterocycles. The predicted molar refractivity (Wildman–Crippen MR) is 84.8 cm³/mol. The Kier molecular flexibility index (Phi) is 3.94. The maximum Gasteiger partial charge on any atom is 0.341 e. The van der Waals surface area contributed by atoms with Crippen molar-refractivity contribution < 1.29 is 19.0 Å². The van der Waals surface area contributed by atoms with Crippen LogP contribution in [0.25, 0.3) is 0 Å². The molecule has 0 saturated carbocycles. The molecule has 5 nitrogen and oxygen atoms in total. The molecule has 116 valence electrons. The number of carbonyl (C=O) groups excluding carboxylic acids is 1. The number of hydrogen-bond acceptors (Lipinski definition) is 6. The fourth-order valence-corrected chi connectivity index (χ4v) is 3.54. The summed E-state index contributed by atoms with van der Waals surface area (Å²) in [6.07, 6.45) is 0.691. The van der Waals surface area contributed by atoms with Crippen LogP contribution in [-0.4, -0.2) is 19.4 Å². The molecule has 0 bridgehead atoms. The lowest BCUT2D eigenvalue weighted by molar-refractivity contribution is 0.0527. The average Bonchev–Trinajstić information content (AvgIpc) is 3.04. The van der Waals surface area contributed by atoms with Crippen LogP contribution in [0.3, 0.4) is 0 Å². The van der Waals surface area contributed by atoms with E-state index in [1.54, 1.807) is 6.92 Å². The van der Waals surface area contributed by atoms with Gasteiger partial charge in [-0.3, -0.25) is 0 Å². The molecular weight excluding hydrogens is 302 g/mol. The van der Waals surface area contributed by atoms with Crippen LogP contribution in [0, 0.1) is 6.92 Å². The summed E-state index contributed by atoms with van der Waals surface area (Å²) in [5.74, 6) is 1.16. The molecule has 1 aliphatic rings. The van der Waals surface area contributed by atoms with E-state index in [-0.39, 0.29) is 12.8 Å². The zero-order chi connectivity index (χ0) is 15.7. The number of hydrogen-bond donors (Lipinski definition) is 1. The fraction of sp³-hybridized carbons (Fsp3) is 0.312. The Bertz CT molecular complexity index is 723. The molecule has 0 radical (unpaired) electrons. The normalized spacial score (nSPS) is 12.5. The van der Waals surface area contributed by atoms with Crippen LogP contribution in [0.1, 0.15) is 33.3 Å². The van der Waals surface area contributed by atoms with Gasteiger partial charge in [-0.25, -0.2) is 4.79 Å². The van der Waals surface area contributed by atoms with Gasteiger partial charge >= 0.3 is 5.97 Å². The van der Waals surface area contributed by atoms with E-state index in [1.165, 1.54) is 11.3 Å². The highest BCUT2D eigenvalue weighted by molar-refractivity contribution is 7.16. The van der Waals surface area contributed by atoms with E-state index in [0.717, 1.165) is 27.5 Å². The van der Waals surface area contributed by atoms with Crippen molar-refractivity contribution in [2.24, 2.45) is 0 Å². The quantitative estimate of drug-likeness (QED) is 0.877. The van der Waals surface area contributed by atoms with E-state index in [2.05, 4.69) is 0 Å². The third kappa shape index (κ3) is 2.62. The van der Waals surface area contributed by atoms with E-state index in [4.69, 9.17) is 19.9 Å². The second-order valence-electron chi connectivity index (χ2n) is 4.97. The second-order valence-corrected chi connectivity index (χ2v) is 6.11. The molecule has 0 saturated heterocycles. The predicted octanol–water partition coefficient (Wildman–Crippen LogP) is 3.13. The summed E-state index contributed by atoms with van der Waals surface area (Å²) in [4.78, 5) is 13.0. The summed E-state index contributed by atoms with van der Waals surface area (Å²) in [5, 5.41) is 0.506. The number of nitrogen functional groups attached to an aromatic ring is 1. The van der Waals surface area contributed by atoms with Gasteiger partial charge in [0.15, 0.2) is 11.5 Å². The molecule has 0 spiro atoms. The van der Waals surface area contributed by atoms with Crippen molar-refractivity contribution in [2.45, 2.75) is 20.3 Å². The first-order chi connectivity index (χ1) is 10.6. The first kappa shape index (κ1) is 14.7. The van der Waals surface area contributed by atoms with Crippen LogP contribution in [0.2, 0.25) is 0 Å². The van der Waals surface area contributed by atoms with E-state index in [0.29, 0.717) is 23.6 Å². The zero-order valence-corrected chi connectivity index (χ0v) is 13.3. The van der Waals surface area contributed by atoms with Gasteiger partial charge in [-0.1, -0.05) is 6.07 Å². The number of esters is 1. The molecule has 0 amide bonds. The van der Waals surface area contributed by atoms with Crippen molar-refractivity contribution in [2.75, 3.05) is 19.1 Å². The number of benzene rings is 1. The summed E-state index contributed by atoms with van der Waals surface area (Å²) in [6.45, 7) is 4.28. The average molecular weight is 319 g/mol. The van der Waals surface area contributed by atoms with Crippen molar-refractivity contribution in [1.29, 1.82) is 0 Å². The molecule has 0 fully saturated rings. The van der Waals surface area contributed by atoms with Crippen LogP contribution in [-0.2, 0) is 11.2 Å². The lowest BCUT2D eigenvalue weighted by Gasteiger charge is -2.04. The highest BCUT2D eigenvalue weighted by atomic mass is 32.1. The molecule has 1 aromatic carbocycles. The summed E-state index contributed by atoms with van der Waals surface area (Å²) in [7, 11) is 0. The third-order valence-electron chi connectivity index (χ3n) is 3.55. The van der Waals surface area contributed by atoms with Crippen LogP contribution in [0.4, 0.5) is 5.00 Å². The lowest BCUT2D eigenvalue weighted by atomic mass is 10.1. The van der Waals surface area contributed by atoms with Crippen LogP contribution < -0.4 is 15.2 Å². The number of rotatable bonds is 4. The largest absolute Gasteiger partial charge is 0.462 e. The Morgan fingerprint density at radius 2 is 2.14 bits per heavy atom. The van der Waals surface area contributed by atoms with E-state index >= 15 is 0 Å². The molecular formula is C16H17NO4S. The Hall–Kier alpha value is -2.21. The molecule has 3 rings (SSSR count). The Labute approximate surface area is 132 Å². The summed E-state index contributed by atoms with van der Waals surface area (Å²) in [6, 6.07) is 5.85. The van der Waals surface area contributed by atoms with Crippen molar-refractivity contribution in [3.63, 3.8) is 0 Å². The van der Waals surface area contributed by atoms with Crippen LogP contribution in [0.15, 0.2) is 18.2 Å². The fourth-order valence-electron chi connectivity index (χ4n) is 2.45. The van der Waals surface area contributed by atoms with Gasteiger partial charge in [0, 0.05) is 11.3 Å². The molecule has 0 aliphatic carbocycles. The van der Waals surface area contributed by atoms with Gasteiger partial charge in [-0.05, 0) is 37.1 Å². The van der Waals surface area contributed by atoms with Crippen molar-refractivity contribution in [3.05, 3.63) is 39.8 Å². The van der Waals surface area contributed by atoms with Gasteiger partial charge in [0.25, 0.3) is 0 Å². The highest BCUT2D eigenvalue weighted by Crippen LogP contribution is 2.36. The molecule has 0 atom stereocenters. The Balaban J connectivity index is 1.87. The summed E-state index contributed by atoms with van der Waals surface area (Å²) < 4.78 is 15.8. The van der Waals surface area contributed by atoms with Crippen molar-refractivity contribution >= 4 is 22.3 Å². The zero-order valence-electron chi connectivity index (χ0n) is 12.5. The number of fused-ring (bicyclic) bond motifs is 1. The lowest BCUT2D eigenvalue weighted by Crippen LogP contribution is -2.07. The molecule has 6 heteroatoms. The molecule has 0 unspecified atom stereocenters. The van der Waals surface area contributed by atoms with Gasteiger partial charge in [-0.2, -0.15) is 0 Å². The van der Waals surface area contributed by atoms with E-state index in [1.807, 2.05) is 25.1 Å². The molecule has 2 aromatic rings. The smallest absolute Gasteiger partial charge is 0.341 e. The second kappa shape index (κ2) is 5.88. The standard InChI is InChI=1S/C16H17NO4S/c1-3-19-16(18)14-9(2)13(22-15(14)17)7-10-4-5-11-12(6-10)21-8-20-11/h4-6H,3,7-8,17H2,1-2H3. The number of ether oxygens (including phenoxy) is 3. The minimum Gasteiger partial charge on any atom is -0.462 e. The number of nitrogens with two attached hydrogens (primary N) is 1. The minimum atomic E-state index is -0.356. The summed E-state index contributed by atoms with van der Waals surface area (Å²) in [5.41, 5.74) is 8.45. The van der Waals surface area contributed by atoms with Gasteiger partial charge < -0.3 is 19.9 Å². The molecule has 1 aromatic heterocycles. The topological polar surface area (TPSA) is 70.8 Å². The van der Waals surface area contributed by atoms with Crippen molar-refractivity contribution in [3.8, 4) is 11.5 Å². The molecule has 22 heavy (non-hydrogen) atoms. The number of anilines is 1. The molecule has 2 N–H and O–H groups in total. The van der Waals surface area contributed by atoms with Gasteiger partial charge in [0.05, 0.1) is 12.2 Å². The van der Waals surface area contributed by atoms with Gasteiger partial charge in [-0.15, -0.1) is 11.3 Å². The maximum atomic E-state index is 12.0. The first-order valence-electron chi connectivity index (χ1n) is 7.03. The van der Waals surface area contributed by atoms with Crippen molar-refractivity contribution in [1.82, 2.24) is 0 Å².